The summed E-state index contributed by atoms with van der Waals surface area (Å²) in [7, 11) is -16.8. The Kier molecular flexibility index (Phi) is 16.5. The summed E-state index contributed by atoms with van der Waals surface area (Å²) in [4.78, 5) is 111. The van der Waals surface area contributed by atoms with Crippen LogP contribution in [0, 0.1) is 0 Å². The molecule has 19 atom stereocenters. The van der Waals surface area contributed by atoms with Gasteiger partial charge in [0.15, 0.2) is 47.2 Å². The molecule has 4 aliphatic rings. The highest BCUT2D eigenvalue weighted by Crippen LogP contribution is 2.54. The standard InChI is InChI=1S/C38H49N16O26P3/c39-15-1-3-51(37(63)45-15)32-21(58)24(11(5-55)74-32)78-82(67,68)72-8-14-26(23(60)34(77-14)54-10-44-18-28(54)48-36(42)50-30(18)62)80-83(69,70)73-7-13-25(22(59)33(76-13)52-4-2-16(40)46-38(52)64)79-81(65,66)71-6-12-19(56)20(57)31(75-12)53-9-43-17-27(53)47-35(41)49-29(17)61/h1-4,9-14,19-26,31-34,55-60H,5-8H2,(H,65,66)(H,67,68)(H,69,70)(H2,39,45,63)(H2,40,46,64)(H3,41,47,49,61)(H3,42,48,50,62)/t11-,12-,13-,14-,19-,20-,21-,22-,23-,24-,25-,26-,31-,32-,33-,34-/m1/s1. The van der Waals surface area contributed by atoms with E-state index < -0.39 is 177 Å². The molecule has 42 nitrogen and oxygen atoms in total. The van der Waals surface area contributed by atoms with Crippen LogP contribution in [-0.2, 0) is 59.8 Å². The molecule has 0 amide bonds. The maximum atomic E-state index is 14.0. The van der Waals surface area contributed by atoms with Crippen molar-refractivity contribution in [2.24, 2.45) is 0 Å². The largest absolute Gasteiger partial charge is 0.472 e. The number of phosphoric ester groups is 3. The molecule has 452 valence electrons. The third-order valence-corrected chi connectivity index (χ3v) is 16.1. The average molecular weight is 1240 g/mol. The van der Waals surface area contributed by atoms with E-state index in [1.165, 1.54) is 6.07 Å². The highest BCUT2D eigenvalue weighted by atomic mass is 31.2. The number of rotatable bonds is 20. The van der Waals surface area contributed by atoms with E-state index in [1.807, 2.05) is 0 Å². The fourth-order valence-electron chi connectivity index (χ4n) is 9.30. The van der Waals surface area contributed by atoms with Crippen LogP contribution < -0.4 is 45.4 Å². The number of aromatic nitrogens is 12. The number of anilines is 4. The lowest BCUT2D eigenvalue weighted by Crippen LogP contribution is -2.39. The first kappa shape index (κ1) is 59.7. The quantitative estimate of drug-likeness (QED) is 0.0316. The molecule has 6 aromatic rings. The van der Waals surface area contributed by atoms with Crippen LogP contribution >= 0.6 is 23.5 Å². The number of aliphatic hydroxyl groups is 6. The van der Waals surface area contributed by atoms with Gasteiger partial charge in [0, 0.05) is 12.4 Å². The second-order valence-electron chi connectivity index (χ2n) is 18.5. The summed E-state index contributed by atoms with van der Waals surface area (Å²) in [5.74, 6) is -1.27. The number of nitrogens with two attached hydrogens (primary N) is 4. The maximum Gasteiger partial charge on any atom is 0.472 e. The number of H-pyrrole nitrogens is 2. The molecule has 19 N–H and O–H groups in total. The highest BCUT2D eigenvalue weighted by molar-refractivity contribution is 7.48. The zero-order valence-corrected chi connectivity index (χ0v) is 44.3. The Morgan fingerprint density at radius 2 is 0.855 bits per heavy atom. The van der Waals surface area contributed by atoms with E-state index in [9.17, 15) is 78.2 Å². The molecule has 3 unspecified atom stereocenters. The Morgan fingerprint density at radius 1 is 0.506 bits per heavy atom. The van der Waals surface area contributed by atoms with Gasteiger partial charge < -0.3 is 87.2 Å². The molecule has 0 bridgehead atoms. The van der Waals surface area contributed by atoms with Gasteiger partial charge >= 0.3 is 34.8 Å². The van der Waals surface area contributed by atoms with Crippen LogP contribution in [0.4, 0.5) is 23.5 Å². The monoisotopic (exact) mass is 1240 g/mol. The van der Waals surface area contributed by atoms with Gasteiger partial charge in [-0.2, -0.15) is 19.9 Å². The molecule has 6 aromatic heterocycles. The number of hydrogen-bond acceptors (Lipinski definition) is 33. The van der Waals surface area contributed by atoms with Crippen molar-refractivity contribution in [3.63, 3.8) is 0 Å². The van der Waals surface area contributed by atoms with Gasteiger partial charge in [-0.1, -0.05) is 0 Å². The third kappa shape index (κ3) is 12.0. The first-order valence-electron chi connectivity index (χ1n) is 23.9. The molecule has 4 fully saturated rings. The van der Waals surface area contributed by atoms with E-state index in [1.54, 1.807) is 0 Å². The van der Waals surface area contributed by atoms with Crippen molar-refractivity contribution in [3.8, 4) is 0 Å². The van der Waals surface area contributed by atoms with Gasteiger partial charge in [-0.25, -0.2) is 33.3 Å². The Labute approximate surface area is 458 Å². The summed E-state index contributed by atoms with van der Waals surface area (Å²) >= 11 is 0. The predicted molar refractivity (Wildman–Crippen MR) is 266 cm³/mol. The van der Waals surface area contributed by atoms with Gasteiger partial charge in [-0.3, -0.25) is 65.0 Å². The maximum absolute atomic E-state index is 14.0. The molecule has 4 aliphatic heterocycles. The van der Waals surface area contributed by atoms with Crippen LogP contribution in [0.2, 0.25) is 0 Å². The smallest absolute Gasteiger partial charge is 0.394 e. The second kappa shape index (κ2) is 22.9. The van der Waals surface area contributed by atoms with Crippen LogP contribution in [0.25, 0.3) is 22.3 Å². The van der Waals surface area contributed by atoms with Crippen LogP contribution in [-0.4, -0.2) is 203 Å². The van der Waals surface area contributed by atoms with Gasteiger partial charge in [0.2, 0.25) is 11.9 Å². The van der Waals surface area contributed by atoms with E-state index in [2.05, 4.69) is 39.9 Å². The molecule has 0 saturated carbocycles. The van der Waals surface area contributed by atoms with Crippen LogP contribution in [0.1, 0.15) is 24.9 Å². The fraction of sp³-hybridized carbons (Fsp3) is 0.526. The summed E-state index contributed by atoms with van der Waals surface area (Å²) in [6.45, 7) is -4.52. The van der Waals surface area contributed by atoms with E-state index >= 15 is 0 Å². The summed E-state index contributed by atoms with van der Waals surface area (Å²) in [5.41, 5.74) is 17.7. The summed E-state index contributed by atoms with van der Waals surface area (Å²) in [5, 5.41) is 66.1. The molecule has 0 aliphatic carbocycles. The van der Waals surface area contributed by atoms with E-state index in [-0.39, 0.29) is 39.9 Å². The van der Waals surface area contributed by atoms with Crippen molar-refractivity contribution in [1.29, 1.82) is 0 Å². The van der Waals surface area contributed by atoms with Crippen LogP contribution in [0.5, 0.6) is 0 Å². The number of nitrogen functional groups attached to an aromatic ring is 4. The highest BCUT2D eigenvalue weighted by Gasteiger charge is 2.55. The van der Waals surface area contributed by atoms with E-state index in [4.69, 9.17) is 69.0 Å². The minimum atomic E-state index is -5.76. The normalized spacial score (nSPS) is 32.3. The SMILES string of the molecule is Nc1ccn([C@@H]2O[C@H](CO)[C@@H](OP(=O)(O)OC[C@H]3O[C@@H](n4cnc5c(=O)[nH]c(N)nc54)[C@H](O)[C@@H]3OP(=O)(O)OC[C@H]3O[C@@H](n4ccc(N)nc4=O)[C@H](O)[C@@H]3OP(=O)(O)OC[C@H]3O[C@@H](n4cnc5c(=O)[nH]c(N)nc54)[C@H](O)[C@@H]3O)[C@H]2O)c(=O)n1. The first-order chi connectivity index (χ1) is 39.1. The zero-order valence-electron chi connectivity index (χ0n) is 41.6. The molecular formula is C38H49N16O26P3. The lowest BCUT2D eigenvalue weighted by atomic mass is 10.1. The number of nitrogens with one attached hydrogen (secondary N) is 2. The first-order valence-corrected chi connectivity index (χ1v) is 28.4. The van der Waals surface area contributed by atoms with Crippen molar-refractivity contribution in [2.75, 3.05) is 49.4 Å². The van der Waals surface area contributed by atoms with Crippen LogP contribution in [0.15, 0.2) is 56.4 Å². The molecule has 45 heteroatoms. The number of phosphoric acid groups is 3. The number of nitrogens with zero attached hydrogens (tertiary/aromatic N) is 10. The minimum absolute atomic E-state index is 0.177. The number of ether oxygens (including phenoxy) is 4. The van der Waals surface area contributed by atoms with Crippen molar-refractivity contribution >= 4 is 69.3 Å². The Balaban J connectivity index is 0.861. The van der Waals surface area contributed by atoms with Gasteiger partial charge in [-0.15, -0.1) is 0 Å². The molecule has 0 aromatic carbocycles. The predicted octanol–water partition coefficient (Wildman–Crippen LogP) is -7.01. The van der Waals surface area contributed by atoms with E-state index in [0.29, 0.717) is 4.57 Å². The Morgan fingerprint density at radius 3 is 1.25 bits per heavy atom. The molecule has 10 heterocycles. The topological polar surface area (TPSA) is 627 Å². The molecular weight excluding hydrogens is 1190 g/mol. The van der Waals surface area contributed by atoms with Crippen molar-refractivity contribution in [1.82, 2.24) is 58.1 Å². The zero-order chi connectivity index (χ0) is 59.8. The summed E-state index contributed by atoms with van der Waals surface area (Å²) in [6, 6.07) is 2.26. The van der Waals surface area contributed by atoms with Crippen molar-refractivity contribution in [2.45, 2.75) is 98.2 Å². The van der Waals surface area contributed by atoms with Crippen molar-refractivity contribution < 1.29 is 105 Å². The third-order valence-electron chi connectivity index (χ3n) is 13.1. The molecule has 83 heavy (non-hydrogen) atoms. The summed E-state index contributed by atoms with van der Waals surface area (Å²) in [6.07, 6.45) is -26.4. The number of aliphatic hydroxyl groups excluding tert-OH is 6. The van der Waals surface area contributed by atoms with Gasteiger partial charge in [0.1, 0.15) is 84.9 Å². The number of fused-ring (bicyclic) bond motifs is 2. The van der Waals surface area contributed by atoms with Crippen LogP contribution in [0.3, 0.4) is 0 Å². The van der Waals surface area contributed by atoms with Gasteiger partial charge in [0.25, 0.3) is 11.1 Å². The van der Waals surface area contributed by atoms with Gasteiger partial charge in [-0.05, 0) is 12.1 Å². The molecule has 10 rings (SSSR count). The van der Waals surface area contributed by atoms with Crippen molar-refractivity contribution in [3.05, 3.63) is 78.9 Å². The molecule has 4 saturated heterocycles. The lowest BCUT2D eigenvalue weighted by Gasteiger charge is -2.26. The average Bonchev–Trinajstić information content (AvgIpc) is 3.11. The van der Waals surface area contributed by atoms with Gasteiger partial charge in [0.05, 0.1) is 39.1 Å². The Hall–Kier alpha value is -6.41. The number of imidazole rings is 2. The van der Waals surface area contributed by atoms with E-state index in [0.717, 1.165) is 44.8 Å². The summed E-state index contributed by atoms with van der Waals surface area (Å²) < 4.78 is 98.7. The Bertz CT molecular complexity index is 3810. The lowest BCUT2D eigenvalue weighted by molar-refractivity contribution is -0.0646. The molecule has 0 radical (unpaired) electrons. The number of hydrogen-bond donors (Lipinski definition) is 15. The fourth-order valence-corrected chi connectivity index (χ4v) is 12.2. The second-order valence-corrected chi connectivity index (χ2v) is 22.8. The number of aromatic amines is 2. The molecule has 0 spiro atoms. The minimum Gasteiger partial charge on any atom is -0.394 e.